The minimum absolute atomic E-state index is 0.0278. The van der Waals surface area contributed by atoms with E-state index in [0.29, 0.717) is 24.3 Å². The van der Waals surface area contributed by atoms with Gasteiger partial charge in [-0.05, 0) is 12.1 Å². The van der Waals surface area contributed by atoms with Gasteiger partial charge in [0.15, 0.2) is 0 Å². The van der Waals surface area contributed by atoms with Crippen molar-refractivity contribution in [3.63, 3.8) is 0 Å². The van der Waals surface area contributed by atoms with Crippen LogP contribution in [0.2, 0.25) is 0 Å². The summed E-state index contributed by atoms with van der Waals surface area (Å²) in [6, 6.07) is 6.53. The summed E-state index contributed by atoms with van der Waals surface area (Å²) >= 11 is 0. The average molecular weight is 414 g/mol. The second kappa shape index (κ2) is 16.0. The molecule has 29 heavy (non-hydrogen) atoms. The smallest absolute Gasteiger partial charge is 0.346 e. The van der Waals surface area contributed by atoms with Crippen LogP contribution in [0, 0.1) is 0 Å². The molecule has 4 N–H and O–H groups in total. The largest absolute Gasteiger partial charge is 0.394 e. The summed E-state index contributed by atoms with van der Waals surface area (Å²) in [5.41, 5.74) is 0.718. The fourth-order valence-corrected chi connectivity index (χ4v) is 1.57. The van der Waals surface area contributed by atoms with Gasteiger partial charge in [0, 0.05) is 12.2 Å². The Morgan fingerprint density at radius 3 is 1.34 bits per heavy atom. The molecule has 0 fully saturated rings. The van der Waals surface area contributed by atoms with Crippen molar-refractivity contribution in [2.24, 2.45) is 0 Å². The molecule has 3 rings (SSSR count). The zero-order valence-electron chi connectivity index (χ0n) is 15.4. The molecule has 11 nitrogen and oxygen atoms in total. The molecule has 0 aliphatic carbocycles. The topological polar surface area (TPSA) is 177 Å². The lowest BCUT2D eigenvalue weighted by Crippen LogP contribution is -2.03. The van der Waals surface area contributed by atoms with E-state index in [1.165, 1.54) is 0 Å². The predicted octanol–water partition coefficient (Wildman–Crippen LogP) is -1.42. The van der Waals surface area contributed by atoms with Gasteiger partial charge in [-0.1, -0.05) is 12.1 Å². The molecule has 0 amide bonds. The Bertz CT molecular complexity index is 642. The molecule has 11 heteroatoms. The molecule has 0 saturated carbocycles. The third-order valence-electron chi connectivity index (χ3n) is 2.68. The van der Waals surface area contributed by atoms with Crippen LogP contribution < -0.4 is 0 Å². The SMILES string of the molecule is O=C1C=CC(=O)O1.O=C1OC(=O)c2ccccc21.OCCO.OCCOCCO. The number of ether oxygens (including phenoxy) is 3. The number of esters is 4. The van der Waals surface area contributed by atoms with E-state index < -0.39 is 23.9 Å². The van der Waals surface area contributed by atoms with Gasteiger partial charge in [0.2, 0.25) is 0 Å². The Kier molecular flexibility index (Phi) is 14.4. The Morgan fingerprint density at radius 2 is 1.07 bits per heavy atom. The van der Waals surface area contributed by atoms with Crippen LogP contribution in [0.4, 0.5) is 0 Å². The molecule has 2 aliphatic rings. The van der Waals surface area contributed by atoms with Crippen molar-refractivity contribution in [1.82, 2.24) is 0 Å². The van der Waals surface area contributed by atoms with Crippen molar-refractivity contribution in [3.05, 3.63) is 47.5 Å². The molecule has 0 radical (unpaired) electrons. The molecule has 0 aromatic heterocycles. The molecule has 0 unspecified atom stereocenters. The number of carbonyl (C=O) groups excluding carboxylic acids is 4. The van der Waals surface area contributed by atoms with Gasteiger partial charge in [0.1, 0.15) is 0 Å². The van der Waals surface area contributed by atoms with Crippen molar-refractivity contribution in [1.29, 1.82) is 0 Å². The first-order chi connectivity index (χ1) is 13.9. The third-order valence-corrected chi connectivity index (χ3v) is 2.68. The summed E-state index contributed by atoms with van der Waals surface area (Å²) in [5.74, 6) is -2.26. The number of carbonyl (C=O) groups is 4. The van der Waals surface area contributed by atoms with Crippen LogP contribution in [0.3, 0.4) is 0 Å². The molecular formula is C18H22O11. The molecule has 0 spiro atoms. The maximum atomic E-state index is 10.8. The van der Waals surface area contributed by atoms with E-state index in [0.717, 1.165) is 12.2 Å². The van der Waals surface area contributed by atoms with Crippen LogP contribution >= 0.6 is 0 Å². The van der Waals surface area contributed by atoms with E-state index in [-0.39, 0.29) is 26.4 Å². The van der Waals surface area contributed by atoms with E-state index in [4.69, 9.17) is 20.4 Å². The second-order valence-electron chi connectivity index (χ2n) is 4.80. The quantitative estimate of drug-likeness (QED) is 0.253. The summed E-state index contributed by atoms with van der Waals surface area (Å²) < 4.78 is 13.0. The van der Waals surface area contributed by atoms with Crippen LogP contribution in [-0.2, 0) is 23.8 Å². The number of aliphatic hydroxyl groups excluding tert-OH is 4. The van der Waals surface area contributed by atoms with Gasteiger partial charge < -0.3 is 34.6 Å². The summed E-state index contributed by atoms with van der Waals surface area (Å²) in [6.07, 6.45) is 2.17. The third kappa shape index (κ3) is 11.5. The highest BCUT2D eigenvalue weighted by Gasteiger charge is 2.28. The van der Waals surface area contributed by atoms with Crippen molar-refractivity contribution in [2.75, 3.05) is 39.6 Å². The van der Waals surface area contributed by atoms with E-state index in [1.807, 2.05) is 0 Å². The number of hydrogen-bond donors (Lipinski definition) is 4. The van der Waals surface area contributed by atoms with Crippen molar-refractivity contribution < 1.29 is 53.8 Å². The number of cyclic esters (lactones) is 4. The highest BCUT2D eigenvalue weighted by Crippen LogP contribution is 2.18. The van der Waals surface area contributed by atoms with Crippen LogP contribution in [0.25, 0.3) is 0 Å². The normalized spacial score (nSPS) is 13.1. The van der Waals surface area contributed by atoms with Gasteiger partial charge in [0.25, 0.3) is 0 Å². The summed E-state index contributed by atoms with van der Waals surface area (Å²) in [7, 11) is 0. The molecule has 1 aromatic rings. The van der Waals surface area contributed by atoms with Crippen LogP contribution in [0.15, 0.2) is 36.4 Å². The van der Waals surface area contributed by atoms with E-state index in [1.54, 1.807) is 24.3 Å². The summed E-state index contributed by atoms with van der Waals surface area (Å²) in [5, 5.41) is 31.4. The van der Waals surface area contributed by atoms with Crippen molar-refractivity contribution in [3.8, 4) is 0 Å². The van der Waals surface area contributed by atoms with E-state index >= 15 is 0 Å². The van der Waals surface area contributed by atoms with Gasteiger partial charge in [0.05, 0.1) is 50.8 Å². The predicted molar refractivity (Wildman–Crippen MR) is 95.6 cm³/mol. The highest BCUT2D eigenvalue weighted by atomic mass is 16.6. The molecular weight excluding hydrogens is 392 g/mol. The average Bonchev–Trinajstić information content (AvgIpc) is 3.25. The first-order valence-electron chi connectivity index (χ1n) is 8.21. The molecule has 2 aliphatic heterocycles. The molecule has 1 aromatic carbocycles. The maximum absolute atomic E-state index is 10.8. The highest BCUT2D eigenvalue weighted by molar-refractivity contribution is 6.14. The standard InChI is InChI=1S/C8H4O3.C4H2O3.C4H10O3.C2H6O2/c9-7-5-3-1-2-4-6(5)8(10)11-7;5-3-1-2-4(6)7-3;5-1-3-7-4-2-6;3-1-2-4/h1-4H;1-2H;5-6H,1-4H2;3-4H,1-2H2. The van der Waals surface area contributed by atoms with Crippen molar-refractivity contribution in [2.45, 2.75) is 0 Å². The number of hydrogen-bond acceptors (Lipinski definition) is 11. The second-order valence-corrected chi connectivity index (χ2v) is 4.80. The van der Waals surface area contributed by atoms with Crippen LogP contribution in [-0.4, -0.2) is 83.9 Å². The molecule has 160 valence electrons. The van der Waals surface area contributed by atoms with Crippen molar-refractivity contribution >= 4 is 23.9 Å². The lowest BCUT2D eigenvalue weighted by Gasteiger charge is -1.94. The Balaban J connectivity index is 0.000000386. The van der Waals surface area contributed by atoms with Gasteiger partial charge >= 0.3 is 23.9 Å². The van der Waals surface area contributed by atoms with Gasteiger partial charge in [-0.15, -0.1) is 0 Å². The Morgan fingerprint density at radius 1 is 0.655 bits per heavy atom. The van der Waals surface area contributed by atoms with Crippen LogP contribution in [0.5, 0.6) is 0 Å². The molecule has 0 saturated heterocycles. The van der Waals surface area contributed by atoms with Crippen LogP contribution in [0.1, 0.15) is 20.7 Å². The fourth-order valence-electron chi connectivity index (χ4n) is 1.57. The molecule has 0 atom stereocenters. The minimum Gasteiger partial charge on any atom is -0.394 e. The number of benzene rings is 1. The number of aliphatic hydroxyl groups is 4. The summed E-state index contributed by atoms with van der Waals surface area (Å²) in [4.78, 5) is 41.5. The lowest BCUT2D eigenvalue weighted by molar-refractivity contribution is -0.150. The minimum atomic E-state index is -0.579. The monoisotopic (exact) mass is 414 g/mol. The van der Waals surface area contributed by atoms with E-state index in [9.17, 15) is 19.2 Å². The number of fused-ring (bicyclic) bond motifs is 1. The first kappa shape index (κ1) is 26.0. The lowest BCUT2D eigenvalue weighted by atomic mass is 10.1. The first-order valence-corrected chi connectivity index (χ1v) is 8.21. The van der Waals surface area contributed by atoms with Gasteiger partial charge in [-0.25, -0.2) is 19.2 Å². The molecule has 2 heterocycles. The Hall–Kier alpha value is -2.96. The van der Waals surface area contributed by atoms with E-state index in [2.05, 4.69) is 14.2 Å². The zero-order valence-corrected chi connectivity index (χ0v) is 15.4. The van der Waals surface area contributed by atoms with Gasteiger partial charge in [-0.2, -0.15) is 0 Å². The maximum Gasteiger partial charge on any atom is 0.346 e. The molecule has 0 bridgehead atoms. The summed E-state index contributed by atoms with van der Waals surface area (Å²) in [6.45, 7) is 0.446. The van der Waals surface area contributed by atoms with Gasteiger partial charge in [-0.3, -0.25) is 0 Å². The number of rotatable bonds is 5. The Labute approximate surface area is 165 Å². The fraction of sp³-hybridized carbons (Fsp3) is 0.333. The zero-order chi connectivity index (χ0) is 22.1.